The number of fused-ring (bicyclic) bond motifs is 4. The molecule has 0 amide bonds. The zero-order valence-corrected chi connectivity index (χ0v) is 37.6. The van der Waals surface area contributed by atoms with E-state index in [1.54, 1.807) is 0 Å². The molecule has 11 rings (SSSR count). The summed E-state index contributed by atoms with van der Waals surface area (Å²) in [6.45, 7) is 10.5. The molecule has 0 spiro atoms. The molecule has 65 heavy (non-hydrogen) atoms. The summed E-state index contributed by atoms with van der Waals surface area (Å²) in [5.41, 5.74) is 16.0. The second-order valence-electron chi connectivity index (χ2n) is 16.8. The Bertz CT molecular complexity index is 3150. The van der Waals surface area contributed by atoms with Gasteiger partial charge in [0.2, 0.25) is 0 Å². The summed E-state index contributed by atoms with van der Waals surface area (Å²) in [7, 11) is 0. The van der Waals surface area contributed by atoms with Gasteiger partial charge in [0, 0.05) is 17.8 Å². The molecule has 0 radical (unpaired) electrons. The van der Waals surface area contributed by atoms with Gasteiger partial charge in [-0.15, -0.1) is 0 Å². The van der Waals surface area contributed by atoms with Gasteiger partial charge < -0.3 is 0 Å². The van der Waals surface area contributed by atoms with Crippen LogP contribution in [0.5, 0.6) is 0 Å². The molecule has 1 heteroatoms. The lowest BCUT2D eigenvalue weighted by molar-refractivity contribution is 0.660. The maximum absolute atomic E-state index is 4.03. The van der Waals surface area contributed by atoms with Crippen LogP contribution in [0.3, 0.4) is 0 Å². The van der Waals surface area contributed by atoms with E-state index in [1.165, 1.54) is 88.0 Å². The fraction of sp³-hybridized carbons (Fsp3) is 0.0781. The molecule has 0 unspecified atom stereocenters. The average molecular weight is 838 g/mol. The monoisotopic (exact) mass is 837 g/mol. The first-order valence-corrected chi connectivity index (χ1v) is 22.4. The quantitative estimate of drug-likeness (QED) is 0.172. The van der Waals surface area contributed by atoms with Crippen molar-refractivity contribution in [3.63, 3.8) is 0 Å². The van der Waals surface area contributed by atoms with Crippen LogP contribution in [0.15, 0.2) is 256 Å². The molecule has 9 aromatic rings. The molecule has 0 saturated heterocycles. The Kier molecular flexibility index (Phi) is 14.1. The standard InChI is InChI=1S/C22H20.C15H11N.C15H14.C12H10/c1-15-8-10-16(11-9-15)17-12-13-19-18-6-4-5-7-20(18)22(2,3)21(19)14-17;1-2-4-14-11-15(6-5-12(14)3-1)13-7-9-16-10-8-13;1-2-8-13-11-6-7-12-15(13)14-9-4-3-5-10-14;1-3-7-11(8-4-1)12-9-5-2-6-10-12/h4-14H,1-3H3;1-11H;2-9,11-12H,1,10H2;1-10H/b;;13-8-,15-14-;. The lowest BCUT2D eigenvalue weighted by Crippen LogP contribution is -2.25. The van der Waals surface area contributed by atoms with Crippen LogP contribution in [0.1, 0.15) is 37.0 Å². The number of aromatic nitrogens is 1. The van der Waals surface area contributed by atoms with Gasteiger partial charge in [-0.2, -0.15) is 0 Å². The molecular formula is C64H55N. The van der Waals surface area contributed by atoms with Crippen molar-refractivity contribution >= 4 is 22.4 Å². The molecule has 2 aliphatic rings. The van der Waals surface area contributed by atoms with E-state index in [-0.39, 0.29) is 5.41 Å². The van der Waals surface area contributed by atoms with Gasteiger partial charge in [-0.05, 0) is 120 Å². The number of hydrogen-bond donors (Lipinski definition) is 0. The lowest BCUT2D eigenvalue weighted by Gasteiger charge is -2.22. The molecule has 0 atom stereocenters. The summed E-state index contributed by atoms with van der Waals surface area (Å²) >= 11 is 0. The summed E-state index contributed by atoms with van der Waals surface area (Å²) in [4.78, 5) is 4.03. The van der Waals surface area contributed by atoms with Crippen molar-refractivity contribution in [3.8, 4) is 44.5 Å². The van der Waals surface area contributed by atoms with Gasteiger partial charge in [0.25, 0.3) is 0 Å². The molecular weight excluding hydrogens is 783 g/mol. The van der Waals surface area contributed by atoms with Crippen molar-refractivity contribution in [2.75, 3.05) is 0 Å². The van der Waals surface area contributed by atoms with Crippen LogP contribution in [-0.2, 0) is 5.41 Å². The summed E-state index contributed by atoms with van der Waals surface area (Å²) in [6.07, 6.45) is 17.1. The highest BCUT2D eigenvalue weighted by Crippen LogP contribution is 2.49. The molecule has 0 bridgehead atoms. The predicted octanol–water partition coefficient (Wildman–Crippen LogP) is 15.5. The number of rotatable bonds is 4. The Morgan fingerprint density at radius 2 is 1.03 bits per heavy atom. The fourth-order valence-electron chi connectivity index (χ4n) is 8.58. The highest BCUT2D eigenvalue weighted by atomic mass is 14.6. The zero-order valence-electron chi connectivity index (χ0n) is 37.6. The largest absolute Gasteiger partial charge is 0.265 e. The van der Waals surface area contributed by atoms with Crippen molar-refractivity contribution in [1.82, 2.24) is 4.98 Å². The van der Waals surface area contributed by atoms with E-state index in [1.807, 2.05) is 42.7 Å². The van der Waals surface area contributed by atoms with E-state index >= 15 is 0 Å². The Balaban J connectivity index is 0.000000121. The number of pyridine rings is 1. The molecule has 1 aromatic heterocycles. The van der Waals surface area contributed by atoms with Crippen LogP contribution in [-0.4, -0.2) is 4.98 Å². The molecule has 0 fully saturated rings. The first-order valence-electron chi connectivity index (χ1n) is 22.4. The maximum atomic E-state index is 4.03. The number of nitrogens with zero attached hydrogens (tertiary/aromatic N) is 1. The molecule has 0 N–H and O–H groups in total. The van der Waals surface area contributed by atoms with Gasteiger partial charge in [0.1, 0.15) is 0 Å². The Labute approximate surface area is 385 Å². The summed E-state index contributed by atoms with van der Waals surface area (Å²) in [6, 6.07) is 72.7. The number of aryl methyl sites for hydroxylation is 1. The molecule has 316 valence electrons. The van der Waals surface area contributed by atoms with Crippen molar-refractivity contribution < 1.29 is 0 Å². The SMILES string of the molecule is C=C/C=c1/cccc/c1=C1\C=CC=CC1.Cc1ccc(-c2ccc3c(c2)C(C)(C)c2ccccc2-3)cc1.c1ccc(-c2ccccc2)cc1.c1ccc2cc(-c3ccncc3)ccc2c1. The van der Waals surface area contributed by atoms with Crippen LogP contribution in [0.25, 0.3) is 66.9 Å². The van der Waals surface area contributed by atoms with E-state index in [0.29, 0.717) is 0 Å². The maximum Gasteiger partial charge on any atom is 0.0273 e. The van der Waals surface area contributed by atoms with Crippen LogP contribution in [0.2, 0.25) is 0 Å². The summed E-state index contributed by atoms with van der Waals surface area (Å²) in [5.74, 6) is 0. The number of hydrogen-bond acceptors (Lipinski definition) is 1. The smallest absolute Gasteiger partial charge is 0.0273 e. The minimum atomic E-state index is 0.0760. The first-order chi connectivity index (χ1) is 31.9. The van der Waals surface area contributed by atoms with Crippen molar-refractivity contribution in [2.24, 2.45) is 0 Å². The van der Waals surface area contributed by atoms with Gasteiger partial charge in [0.15, 0.2) is 0 Å². The molecule has 0 aliphatic heterocycles. The van der Waals surface area contributed by atoms with Crippen molar-refractivity contribution in [3.05, 3.63) is 283 Å². The van der Waals surface area contributed by atoms with Crippen LogP contribution >= 0.6 is 0 Å². The van der Waals surface area contributed by atoms with Crippen molar-refractivity contribution in [2.45, 2.75) is 32.6 Å². The van der Waals surface area contributed by atoms with E-state index < -0.39 is 0 Å². The highest BCUT2D eigenvalue weighted by Gasteiger charge is 2.35. The predicted molar refractivity (Wildman–Crippen MR) is 280 cm³/mol. The van der Waals surface area contributed by atoms with Crippen LogP contribution in [0.4, 0.5) is 0 Å². The molecule has 1 nitrogen and oxygen atoms in total. The highest BCUT2D eigenvalue weighted by molar-refractivity contribution is 5.87. The van der Waals surface area contributed by atoms with Gasteiger partial charge in [-0.25, -0.2) is 0 Å². The third-order valence-corrected chi connectivity index (χ3v) is 12.1. The van der Waals surface area contributed by atoms with Gasteiger partial charge in [-0.1, -0.05) is 244 Å². The van der Waals surface area contributed by atoms with Gasteiger partial charge >= 0.3 is 0 Å². The van der Waals surface area contributed by atoms with Gasteiger partial charge in [0.05, 0.1) is 0 Å². The minimum absolute atomic E-state index is 0.0760. The second-order valence-corrected chi connectivity index (χ2v) is 16.8. The van der Waals surface area contributed by atoms with Crippen molar-refractivity contribution in [1.29, 1.82) is 0 Å². The van der Waals surface area contributed by atoms with E-state index in [0.717, 1.165) is 6.42 Å². The number of benzene rings is 8. The molecule has 8 aromatic carbocycles. The Morgan fingerprint density at radius 3 is 1.72 bits per heavy atom. The number of allylic oxidation sites excluding steroid dienone is 5. The van der Waals surface area contributed by atoms with Crippen LogP contribution in [0, 0.1) is 6.92 Å². The molecule has 0 saturated carbocycles. The molecule has 2 aliphatic carbocycles. The van der Waals surface area contributed by atoms with E-state index in [4.69, 9.17) is 0 Å². The fourth-order valence-corrected chi connectivity index (χ4v) is 8.58. The Hall–Kier alpha value is -7.87. The minimum Gasteiger partial charge on any atom is -0.265 e. The lowest BCUT2D eigenvalue weighted by atomic mass is 9.81. The second kappa shape index (κ2) is 21.0. The summed E-state index contributed by atoms with van der Waals surface area (Å²) < 4.78 is 0. The average Bonchev–Trinajstić information content (AvgIpc) is 3.61. The first kappa shape index (κ1) is 43.8. The van der Waals surface area contributed by atoms with Gasteiger partial charge in [-0.3, -0.25) is 4.98 Å². The summed E-state index contributed by atoms with van der Waals surface area (Å²) in [5, 5.41) is 5.09. The molecule has 1 heterocycles. The van der Waals surface area contributed by atoms with E-state index in [2.05, 4.69) is 245 Å². The zero-order chi connectivity index (χ0) is 44.9. The third-order valence-electron chi connectivity index (χ3n) is 12.1. The normalized spacial score (nSPS) is 13.7. The van der Waals surface area contributed by atoms with Crippen LogP contribution < -0.4 is 10.4 Å². The topological polar surface area (TPSA) is 12.9 Å². The third kappa shape index (κ3) is 10.7. The Morgan fingerprint density at radius 1 is 0.477 bits per heavy atom. The van der Waals surface area contributed by atoms with E-state index in [9.17, 15) is 0 Å².